The van der Waals surface area contributed by atoms with Crippen LogP contribution in [0, 0.1) is 0 Å². The quantitative estimate of drug-likeness (QED) is 0.376. The van der Waals surface area contributed by atoms with Gasteiger partial charge in [-0.05, 0) is 13.0 Å². The van der Waals surface area contributed by atoms with Crippen LogP contribution in [-0.2, 0) is 4.79 Å². The Labute approximate surface area is 85.8 Å². The van der Waals surface area contributed by atoms with Crippen molar-refractivity contribution in [3.8, 4) is 0 Å². The van der Waals surface area contributed by atoms with E-state index in [0.717, 1.165) is 11.0 Å². The van der Waals surface area contributed by atoms with E-state index in [1.807, 2.05) is 21.1 Å². The Morgan fingerprint density at radius 1 is 1.50 bits per heavy atom. The van der Waals surface area contributed by atoms with Crippen molar-refractivity contribution in [1.82, 2.24) is 5.32 Å². The van der Waals surface area contributed by atoms with Gasteiger partial charge in [0.15, 0.2) is 0 Å². The van der Waals surface area contributed by atoms with Crippen molar-refractivity contribution in [3.05, 3.63) is 12.2 Å². The molecule has 82 valence electrons. The Hall–Kier alpha value is -0.870. The van der Waals surface area contributed by atoms with Gasteiger partial charge >= 0.3 is 0 Å². The third-order valence-corrected chi connectivity index (χ3v) is 1.70. The highest BCUT2D eigenvalue weighted by Crippen LogP contribution is 1.96. The molecule has 0 spiro atoms. The molecule has 0 saturated heterocycles. The zero-order valence-electron chi connectivity index (χ0n) is 9.45. The summed E-state index contributed by atoms with van der Waals surface area (Å²) in [7, 11) is 6.13. The number of allylic oxidation sites excluding steroid dienone is 1. The van der Waals surface area contributed by atoms with Gasteiger partial charge < -0.3 is 14.9 Å². The fourth-order valence-electron chi connectivity index (χ4n) is 0.945. The minimum atomic E-state index is -0.754. The predicted octanol–water partition coefficient (Wildman–Crippen LogP) is 0.0934. The summed E-state index contributed by atoms with van der Waals surface area (Å²) < 4.78 is 0.774. The minimum absolute atomic E-state index is 0.249. The molecule has 0 aliphatic rings. The molecule has 2 N–H and O–H groups in total. The van der Waals surface area contributed by atoms with Gasteiger partial charge in [0.1, 0.15) is 6.23 Å². The van der Waals surface area contributed by atoms with Crippen LogP contribution >= 0.6 is 0 Å². The molecular weight excluding hydrogens is 180 g/mol. The van der Waals surface area contributed by atoms with E-state index in [9.17, 15) is 9.90 Å². The van der Waals surface area contributed by atoms with Crippen LogP contribution < -0.4 is 5.32 Å². The molecule has 0 radical (unpaired) electrons. The maximum atomic E-state index is 11.0. The molecule has 4 nitrogen and oxygen atoms in total. The van der Waals surface area contributed by atoms with Crippen molar-refractivity contribution in [3.63, 3.8) is 0 Å². The molecule has 0 heterocycles. The van der Waals surface area contributed by atoms with Gasteiger partial charge in [0, 0.05) is 6.42 Å². The fourth-order valence-corrected chi connectivity index (χ4v) is 0.945. The number of quaternary nitrogens is 1. The van der Waals surface area contributed by atoms with E-state index in [-0.39, 0.29) is 5.91 Å². The number of aliphatic hydroxyl groups excluding tert-OH is 1. The predicted molar refractivity (Wildman–Crippen MR) is 56.5 cm³/mol. The van der Waals surface area contributed by atoms with Gasteiger partial charge in [-0.25, -0.2) is 0 Å². The van der Waals surface area contributed by atoms with Crippen molar-refractivity contribution in [1.29, 1.82) is 0 Å². The number of nitrogens with zero attached hydrogens (tertiary/aromatic N) is 1. The second-order valence-corrected chi connectivity index (χ2v) is 4.33. The number of nitrogens with one attached hydrogen (secondary N) is 1. The molecule has 1 atom stereocenters. The lowest BCUT2D eigenvalue weighted by Crippen LogP contribution is -2.41. The molecule has 14 heavy (non-hydrogen) atoms. The average molecular weight is 201 g/mol. The summed E-state index contributed by atoms with van der Waals surface area (Å²) in [6.07, 6.45) is 2.85. The molecule has 0 aromatic rings. The fraction of sp³-hybridized carbons (Fsp3) is 0.700. The van der Waals surface area contributed by atoms with Crippen molar-refractivity contribution >= 4 is 5.91 Å². The van der Waals surface area contributed by atoms with Crippen molar-refractivity contribution in [2.45, 2.75) is 19.6 Å². The van der Waals surface area contributed by atoms with Crippen LogP contribution in [0.5, 0.6) is 0 Å². The third-order valence-electron chi connectivity index (χ3n) is 1.70. The summed E-state index contributed by atoms with van der Waals surface area (Å²) in [5, 5.41) is 11.9. The lowest BCUT2D eigenvalue weighted by Gasteiger charge is -2.25. The van der Waals surface area contributed by atoms with E-state index in [1.54, 1.807) is 13.0 Å². The van der Waals surface area contributed by atoms with Gasteiger partial charge in [-0.2, -0.15) is 0 Å². The minimum Gasteiger partial charge on any atom is -0.373 e. The van der Waals surface area contributed by atoms with Gasteiger partial charge in [0.2, 0.25) is 5.91 Å². The van der Waals surface area contributed by atoms with Crippen LogP contribution in [-0.4, -0.2) is 49.4 Å². The Morgan fingerprint density at radius 3 is 2.50 bits per heavy atom. The number of amides is 1. The monoisotopic (exact) mass is 201 g/mol. The molecule has 0 aromatic carbocycles. The van der Waals surface area contributed by atoms with Crippen molar-refractivity contribution in [2.24, 2.45) is 0 Å². The SMILES string of the molecule is CC=CC(=O)NC(O)CC[N+](C)(C)C. The van der Waals surface area contributed by atoms with E-state index >= 15 is 0 Å². The van der Waals surface area contributed by atoms with Gasteiger partial charge in [-0.3, -0.25) is 4.79 Å². The van der Waals surface area contributed by atoms with Crippen LogP contribution in [0.4, 0.5) is 0 Å². The topological polar surface area (TPSA) is 49.3 Å². The number of rotatable bonds is 5. The van der Waals surface area contributed by atoms with Gasteiger partial charge in [-0.15, -0.1) is 0 Å². The van der Waals surface area contributed by atoms with Crippen molar-refractivity contribution in [2.75, 3.05) is 27.7 Å². The molecule has 0 aliphatic carbocycles. The van der Waals surface area contributed by atoms with E-state index < -0.39 is 6.23 Å². The number of carbonyl (C=O) groups excluding carboxylic acids is 1. The van der Waals surface area contributed by atoms with Gasteiger partial charge in [0.25, 0.3) is 0 Å². The van der Waals surface area contributed by atoms with Crippen LogP contribution in [0.15, 0.2) is 12.2 Å². The summed E-state index contributed by atoms with van der Waals surface area (Å²) in [5.74, 6) is -0.249. The molecule has 0 saturated carbocycles. The summed E-state index contributed by atoms with van der Waals surface area (Å²) >= 11 is 0. The molecule has 4 heteroatoms. The second kappa shape index (κ2) is 5.78. The van der Waals surface area contributed by atoms with Crippen LogP contribution in [0.1, 0.15) is 13.3 Å². The average Bonchev–Trinajstić information content (AvgIpc) is 2.00. The van der Waals surface area contributed by atoms with Crippen LogP contribution in [0.3, 0.4) is 0 Å². The molecule has 1 amide bonds. The highest BCUT2D eigenvalue weighted by Gasteiger charge is 2.12. The summed E-state index contributed by atoms with van der Waals surface area (Å²) in [4.78, 5) is 11.0. The molecular formula is C10H21N2O2+. The summed E-state index contributed by atoms with van der Waals surface area (Å²) in [6.45, 7) is 2.58. The third kappa shape index (κ3) is 7.76. The number of aliphatic hydroxyl groups is 1. The highest BCUT2D eigenvalue weighted by atomic mass is 16.3. The molecule has 0 aromatic heterocycles. The van der Waals surface area contributed by atoms with E-state index in [1.165, 1.54) is 6.08 Å². The molecule has 1 unspecified atom stereocenters. The number of hydrogen-bond acceptors (Lipinski definition) is 2. The van der Waals surface area contributed by atoms with E-state index in [0.29, 0.717) is 6.42 Å². The first-order valence-corrected chi connectivity index (χ1v) is 4.77. The normalized spacial score (nSPS) is 14.4. The first-order chi connectivity index (χ1) is 6.35. The highest BCUT2D eigenvalue weighted by molar-refractivity contribution is 5.87. The largest absolute Gasteiger partial charge is 0.373 e. The summed E-state index contributed by atoms with van der Waals surface area (Å²) in [6, 6.07) is 0. The maximum Gasteiger partial charge on any atom is 0.245 e. The maximum absolute atomic E-state index is 11.0. The molecule has 0 aliphatic heterocycles. The number of carbonyl (C=O) groups is 1. The van der Waals surface area contributed by atoms with Crippen LogP contribution in [0.25, 0.3) is 0 Å². The Morgan fingerprint density at radius 2 is 2.07 bits per heavy atom. The van der Waals surface area contributed by atoms with Crippen molar-refractivity contribution < 1.29 is 14.4 Å². The number of hydrogen-bond donors (Lipinski definition) is 2. The molecule has 0 bridgehead atoms. The van der Waals surface area contributed by atoms with E-state index in [4.69, 9.17) is 0 Å². The van der Waals surface area contributed by atoms with Crippen LogP contribution in [0.2, 0.25) is 0 Å². The van der Waals surface area contributed by atoms with E-state index in [2.05, 4.69) is 5.32 Å². The summed E-state index contributed by atoms with van der Waals surface area (Å²) in [5.41, 5.74) is 0. The Kier molecular flexibility index (Phi) is 5.42. The zero-order chi connectivity index (χ0) is 11.2. The van der Waals surface area contributed by atoms with Gasteiger partial charge in [-0.1, -0.05) is 6.08 Å². The second-order valence-electron chi connectivity index (χ2n) is 4.33. The lowest BCUT2D eigenvalue weighted by atomic mass is 10.3. The lowest BCUT2D eigenvalue weighted by molar-refractivity contribution is -0.870. The Balaban J connectivity index is 3.76. The smallest absolute Gasteiger partial charge is 0.245 e. The Bertz CT molecular complexity index is 207. The van der Waals surface area contributed by atoms with Gasteiger partial charge in [0.05, 0.1) is 27.7 Å². The standard InChI is InChI=1S/C10H20N2O2/c1-5-6-9(13)11-10(14)7-8-12(2,3)4/h5-6,10,14H,7-8H2,1-4H3/p+1. The first-order valence-electron chi connectivity index (χ1n) is 4.77. The molecule has 0 rings (SSSR count). The first kappa shape index (κ1) is 13.1. The zero-order valence-corrected chi connectivity index (χ0v) is 9.45. The molecule has 0 fully saturated rings.